The van der Waals surface area contributed by atoms with Crippen molar-refractivity contribution in [3.8, 4) is 17.3 Å². The van der Waals surface area contributed by atoms with Crippen LogP contribution in [0.25, 0.3) is 22.3 Å². The van der Waals surface area contributed by atoms with Gasteiger partial charge >= 0.3 is 0 Å². The van der Waals surface area contributed by atoms with Crippen molar-refractivity contribution in [2.75, 3.05) is 11.5 Å². The molecule has 0 saturated heterocycles. The van der Waals surface area contributed by atoms with Crippen LogP contribution in [0.1, 0.15) is 11.1 Å². The van der Waals surface area contributed by atoms with Crippen molar-refractivity contribution in [2.45, 2.75) is 6.54 Å². The number of hydrogen-bond acceptors (Lipinski definition) is 6. The summed E-state index contributed by atoms with van der Waals surface area (Å²) >= 11 is 0. The number of nitrogens with two attached hydrogens (primary N) is 2. The molecule has 4 aromatic rings. The number of nitrogen functional groups attached to an aromatic ring is 2. The highest BCUT2D eigenvalue weighted by Crippen LogP contribution is 2.27. The van der Waals surface area contributed by atoms with Gasteiger partial charge in [-0.25, -0.2) is 9.67 Å². The van der Waals surface area contributed by atoms with E-state index >= 15 is 0 Å². The molecule has 0 spiro atoms. The van der Waals surface area contributed by atoms with E-state index in [1.54, 1.807) is 23.0 Å². The molecule has 2 aromatic carbocycles. The minimum Gasteiger partial charge on any atom is -0.399 e. The second-order valence-corrected chi connectivity index (χ2v) is 5.90. The number of benzene rings is 2. The Kier molecular flexibility index (Phi) is 3.71. The van der Waals surface area contributed by atoms with E-state index in [9.17, 15) is 0 Å². The fraction of sp³-hybridized carbons (Fsp3) is 0.0526. The third-order valence-corrected chi connectivity index (χ3v) is 4.09. The summed E-state index contributed by atoms with van der Waals surface area (Å²) in [7, 11) is 0. The lowest BCUT2D eigenvalue weighted by Gasteiger charge is -2.07. The highest BCUT2D eigenvalue weighted by atomic mass is 15.3. The number of anilines is 2. The second-order valence-electron chi connectivity index (χ2n) is 5.90. The van der Waals surface area contributed by atoms with Crippen LogP contribution in [0.5, 0.6) is 0 Å². The van der Waals surface area contributed by atoms with Crippen LogP contribution in [0.3, 0.4) is 0 Å². The first kappa shape index (κ1) is 15.6. The van der Waals surface area contributed by atoms with Gasteiger partial charge in [-0.05, 0) is 29.8 Å². The predicted octanol–water partition coefficient (Wildman–Crippen LogP) is 2.58. The van der Waals surface area contributed by atoms with Gasteiger partial charge in [-0.1, -0.05) is 24.3 Å². The zero-order chi connectivity index (χ0) is 18.1. The molecule has 2 aromatic heterocycles. The summed E-state index contributed by atoms with van der Waals surface area (Å²) in [5.74, 6) is 0.161. The van der Waals surface area contributed by atoms with Crippen LogP contribution in [-0.4, -0.2) is 19.7 Å². The van der Waals surface area contributed by atoms with Crippen molar-refractivity contribution < 1.29 is 0 Å². The van der Waals surface area contributed by atoms with E-state index in [1.165, 1.54) is 0 Å². The fourth-order valence-electron chi connectivity index (χ4n) is 2.84. The van der Waals surface area contributed by atoms with Gasteiger partial charge in [-0.2, -0.15) is 15.3 Å². The van der Waals surface area contributed by atoms with Crippen molar-refractivity contribution in [2.24, 2.45) is 0 Å². The predicted molar refractivity (Wildman–Crippen MR) is 99.8 cm³/mol. The molecule has 0 bridgehead atoms. The zero-order valence-electron chi connectivity index (χ0n) is 13.8. The van der Waals surface area contributed by atoms with E-state index in [2.05, 4.69) is 21.1 Å². The lowest BCUT2D eigenvalue weighted by atomic mass is 10.1. The molecule has 0 amide bonds. The molecule has 2 heterocycles. The van der Waals surface area contributed by atoms with Gasteiger partial charge in [0.05, 0.1) is 35.5 Å². The van der Waals surface area contributed by atoms with E-state index < -0.39 is 0 Å². The summed E-state index contributed by atoms with van der Waals surface area (Å²) in [5.41, 5.74) is 16.1. The minimum atomic E-state index is 0.161. The Morgan fingerprint density at radius 1 is 1.04 bits per heavy atom. The number of aromatic nitrogens is 4. The van der Waals surface area contributed by atoms with E-state index in [1.807, 2.05) is 36.4 Å². The maximum absolute atomic E-state index is 9.13. The summed E-state index contributed by atoms with van der Waals surface area (Å²) in [6, 6.07) is 17.0. The fourth-order valence-corrected chi connectivity index (χ4v) is 2.84. The summed E-state index contributed by atoms with van der Waals surface area (Å²) in [6.07, 6.45) is 1.72. The molecule has 0 unspecified atom stereocenters. The van der Waals surface area contributed by atoms with Gasteiger partial charge in [-0.3, -0.25) is 0 Å². The van der Waals surface area contributed by atoms with Gasteiger partial charge in [0.15, 0.2) is 5.65 Å². The number of rotatable bonds is 3. The molecule has 0 aliphatic carbocycles. The molecule has 26 heavy (non-hydrogen) atoms. The van der Waals surface area contributed by atoms with Crippen molar-refractivity contribution in [3.05, 3.63) is 65.9 Å². The number of fused-ring (bicyclic) bond motifs is 1. The number of nitrogens with zero attached hydrogens (tertiary/aromatic N) is 5. The molecule has 7 nitrogen and oxygen atoms in total. The minimum absolute atomic E-state index is 0.161. The average Bonchev–Trinajstić information content (AvgIpc) is 3.05. The number of nitriles is 1. The molecule has 0 radical (unpaired) electrons. The maximum Gasteiger partial charge on any atom is 0.222 e. The Balaban J connectivity index is 1.82. The number of hydrogen-bond donors (Lipinski definition) is 2. The SMILES string of the molecule is N#Cc1cccc(-c2nc(N)nc3c2cnn3Cc2ccc(N)cc2)c1. The Morgan fingerprint density at radius 3 is 2.62 bits per heavy atom. The standard InChI is InChI=1S/C19H15N7/c20-9-13-2-1-3-14(8-13)17-16-10-23-26(18(16)25-19(22)24-17)11-12-4-6-15(21)7-5-12/h1-8,10H,11,21H2,(H2,22,24,25). The first-order chi connectivity index (χ1) is 12.6. The molecular weight excluding hydrogens is 326 g/mol. The molecule has 0 aliphatic rings. The Labute approximate surface area is 149 Å². The monoisotopic (exact) mass is 341 g/mol. The second kappa shape index (κ2) is 6.18. The van der Waals surface area contributed by atoms with Crippen LogP contribution in [-0.2, 0) is 6.54 Å². The lowest BCUT2D eigenvalue weighted by Crippen LogP contribution is -2.05. The summed E-state index contributed by atoms with van der Waals surface area (Å²) < 4.78 is 1.77. The van der Waals surface area contributed by atoms with E-state index in [-0.39, 0.29) is 5.95 Å². The van der Waals surface area contributed by atoms with Gasteiger partial charge in [0.25, 0.3) is 0 Å². The molecule has 0 fully saturated rings. The molecule has 7 heteroatoms. The van der Waals surface area contributed by atoms with Gasteiger partial charge in [-0.15, -0.1) is 0 Å². The Hall–Kier alpha value is -3.92. The van der Waals surface area contributed by atoms with Crippen molar-refractivity contribution >= 4 is 22.7 Å². The Bertz CT molecular complexity index is 1140. The molecule has 0 atom stereocenters. The van der Waals surface area contributed by atoms with Gasteiger partial charge in [0, 0.05) is 11.3 Å². The van der Waals surface area contributed by atoms with Crippen molar-refractivity contribution in [3.63, 3.8) is 0 Å². The van der Waals surface area contributed by atoms with Crippen LogP contribution in [0.15, 0.2) is 54.7 Å². The average molecular weight is 341 g/mol. The van der Waals surface area contributed by atoms with Crippen LogP contribution in [0, 0.1) is 11.3 Å². The van der Waals surface area contributed by atoms with Crippen LogP contribution >= 0.6 is 0 Å². The quantitative estimate of drug-likeness (QED) is 0.553. The van der Waals surface area contributed by atoms with Crippen LogP contribution in [0.2, 0.25) is 0 Å². The summed E-state index contributed by atoms with van der Waals surface area (Å²) in [5, 5.41) is 14.4. The van der Waals surface area contributed by atoms with Gasteiger partial charge in [0.2, 0.25) is 5.95 Å². The molecular formula is C19H15N7. The normalized spacial score (nSPS) is 10.7. The van der Waals surface area contributed by atoms with Crippen LogP contribution < -0.4 is 11.5 Å². The highest BCUT2D eigenvalue weighted by molar-refractivity contribution is 5.91. The molecule has 4 rings (SSSR count). The molecule has 0 aliphatic heterocycles. The Morgan fingerprint density at radius 2 is 1.85 bits per heavy atom. The van der Waals surface area contributed by atoms with Gasteiger partial charge < -0.3 is 11.5 Å². The third-order valence-electron chi connectivity index (χ3n) is 4.09. The van der Waals surface area contributed by atoms with Crippen LogP contribution in [0.4, 0.5) is 11.6 Å². The largest absolute Gasteiger partial charge is 0.399 e. The van der Waals surface area contributed by atoms with Gasteiger partial charge in [0.1, 0.15) is 0 Å². The summed E-state index contributed by atoms with van der Waals surface area (Å²) in [6.45, 7) is 0.540. The molecule has 0 saturated carbocycles. The summed E-state index contributed by atoms with van der Waals surface area (Å²) in [4.78, 5) is 8.72. The lowest BCUT2D eigenvalue weighted by molar-refractivity contribution is 0.704. The molecule has 4 N–H and O–H groups in total. The van der Waals surface area contributed by atoms with E-state index in [0.717, 1.165) is 16.5 Å². The first-order valence-corrected chi connectivity index (χ1v) is 7.98. The van der Waals surface area contributed by atoms with Crippen molar-refractivity contribution in [1.82, 2.24) is 19.7 Å². The topological polar surface area (TPSA) is 119 Å². The van der Waals surface area contributed by atoms with Crippen molar-refractivity contribution in [1.29, 1.82) is 5.26 Å². The highest BCUT2D eigenvalue weighted by Gasteiger charge is 2.14. The first-order valence-electron chi connectivity index (χ1n) is 7.98. The molecule has 126 valence electrons. The zero-order valence-corrected chi connectivity index (χ0v) is 13.8. The van der Waals surface area contributed by atoms with E-state index in [0.29, 0.717) is 29.1 Å². The third kappa shape index (κ3) is 2.80. The maximum atomic E-state index is 9.13. The smallest absolute Gasteiger partial charge is 0.222 e. The van der Waals surface area contributed by atoms with E-state index in [4.69, 9.17) is 16.7 Å².